The quantitative estimate of drug-likeness (QED) is 0.584. The Labute approximate surface area is 108 Å². The van der Waals surface area contributed by atoms with E-state index < -0.39 is 10.0 Å². The molecule has 0 saturated heterocycles. The monoisotopic (exact) mass is 270 g/mol. The smallest absolute Gasteiger partial charge is 0.283 e. The average molecular weight is 270 g/mol. The van der Waals surface area contributed by atoms with Gasteiger partial charge in [-0.1, -0.05) is 0 Å². The lowest BCUT2D eigenvalue weighted by Gasteiger charge is -2.13. The molecule has 0 bridgehead atoms. The number of ether oxygens (including phenoxy) is 1. The Kier molecular flexibility index (Phi) is 5.15. The fourth-order valence-corrected chi connectivity index (χ4v) is 2.18. The molecule has 0 spiro atoms. The highest BCUT2D eigenvalue weighted by Gasteiger charge is 2.11. The Bertz CT molecular complexity index is 491. The van der Waals surface area contributed by atoms with E-state index in [1.807, 2.05) is 13.8 Å². The fourth-order valence-electron chi connectivity index (χ4n) is 1.32. The minimum atomic E-state index is -3.63. The van der Waals surface area contributed by atoms with E-state index in [1.54, 1.807) is 17.0 Å². The van der Waals surface area contributed by atoms with Gasteiger partial charge >= 0.3 is 0 Å². The van der Waals surface area contributed by atoms with Gasteiger partial charge in [0.25, 0.3) is 10.0 Å². The Hall–Kier alpha value is -1.56. The second kappa shape index (κ2) is 6.39. The molecule has 0 radical (unpaired) electrons. The first-order valence-corrected chi connectivity index (χ1v) is 7.16. The molecule has 0 unspecified atom stereocenters. The second-order valence-corrected chi connectivity index (χ2v) is 5.23. The Morgan fingerprint density at radius 1 is 1.22 bits per heavy atom. The summed E-state index contributed by atoms with van der Waals surface area (Å²) >= 11 is 0. The number of nitrogens with zero attached hydrogens (tertiary/aromatic N) is 2. The molecule has 0 saturated carbocycles. The SMILES string of the molecule is CCN(/C=N/S(=O)(=O)c1ccc(OC)cc1)CC. The standard InChI is InChI=1S/C12H18N2O3S/c1-4-14(5-2)10-13-18(15,16)12-8-6-11(17-3)7-9-12/h6-10H,4-5H2,1-3H3/b13-10+. The summed E-state index contributed by atoms with van der Waals surface area (Å²) in [6.07, 6.45) is 1.36. The van der Waals surface area contributed by atoms with Crippen molar-refractivity contribution in [3.63, 3.8) is 0 Å². The largest absolute Gasteiger partial charge is 0.497 e. The maximum Gasteiger partial charge on any atom is 0.283 e. The zero-order valence-corrected chi connectivity index (χ0v) is 11.6. The highest BCUT2D eigenvalue weighted by atomic mass is 32.2. The molecule has 6 heteroatoms. The van der Waals surface area contributed by atoms with Crippen LogP contribution in [0, 0.1) is 0 Å². The van der Waals surface area contributed by atoms with Gasteiger partial charge in [0.15, 0.2) is 0 Å². The van der Waals surface area contributed by atoms with Gasteiger partial charge in [0, 0.05) is 13.1 Å². The van der Waals surface area contributed by atoms with Gasteiger partial charge in [0.05, 0.1) is 12.0 Å². The lowest BCUT2D eigenvalue weighted by atomic mass is 10.3. The van der Waals surface area contributed by atoms with Gasteiger partial charge in [0.1, 0.15) is 12.1 Å². The molecule has 1 aromatic rings. The van der Waals surface area contributed by atoms with Crippen LogP contribution in [-0.4, -0.2) is 39.9 Å². The number of methoxy groups -OCH3 is 1. The average Bonchev–Trinajstić information content (AvgIpc) is 2.40. The number of sulfonamides is 1. The zero-order valence-electron chi connectivity index (χ0n) is 10.8. The van der Waals surface area contributed by atoms with E-state index in [1.165, 1.54) is 25.6 Å². The molecule has 0 amide bonds. The van der Waals surface area contributed by atoms with Crippen LogP contribution in [0.25, 0.3) is 0 Å². The van der Waals surface area contributed by atoms with Crippen molar-refractivity contribution in [3.05, 3.63) is 24.3 Å². The zero-order chi connectivity index (χ0) is 13.6. The molecule has 1 rings (SSSR count). The van der Waals surface area contributed by atoms with Gasteiger partial charge in [-0.3, -0.25) is 0 Å². The first kappa shape index (κ1) is 14.5. The van der Waals surface area contributed by atoms with E-state index in [0.717, 1.165) is 13.1 Å². The van der Waals surface area contributed by atoms with Crippen LogP contribution in [0.4, 0.5) is 0 Å². The molecular weight excluding hydrogens is 252 g/mol. The normalized spacial score (nSPS) is 11.7. The van der Waals surface area contributed by atoms with Crippen molar-refractivity contribution in [2.24, 2.45) is 4.40 Å². The molecule has 0 aliphatic rings. The fraction of sp³-hybridized carbons (Fsp3) is 0.417. The van der Waals surface area contributed by atoms with Crippen molar-refractivity contribution in [1.29, 1.82) is 0 Å². The van der Waals surface area contributed by atoms with Crippen LogP contribution in [0.1, 0.15) is 13.8 Å². The minimum Gasteiger partial charge on any atom is -0.497 e. The van der Waals surface area contributed by atoms with E-state index in [4.69, 9.17) is 4.74 Å². The van der Waals surface area contributed by atoms with Crippen LogP contribution in [0.3, 0.4) is 0 Å². The van der Waals surface area contributed by atoms with E-state index in [-0.39, 0.29) is 4.90 Å². The molecule has 100 valence electrons. The number of hydrogen-bond acceptors (Lipinski definition) is 3. The third-order valence-corrected chi connectivity index (χ3v) is 3.76. The molecular formula is C12H18N2O3S. The predicted molar refractivity (Wildman–Crippen MR) is 71.6 cm³/mol. The summed E-state index contributed by atoms with van der Waals surface area (Å²) in [6, 6.07) is 6.15. The Balaban J connectivity index is 2.92. The lowest BCUT2D eigenvalue weighted by molar-refractivity contribution is 0.414. The van der Waals surface area contributed by atoms with Crippen LogP contribution < -0.4 is 4.74 Å². The molecule has 5 nitrogen and oxygen atoms in total. The Morgan fingerprint density at radius 3 is 2.22 bits per heavy atom. The highest BCUT2D eigenvalue weighted by Crippen LogP contribution is 2.17. The Morgan fingerprint density at radius 2 is 1.78 bits per heavy atom. The summed E-state index contributed by atoms with van der Waals surface area (Å²) in [6.45, 7) is 5.32. The third-order valence-electron chi connectivity index (χ3n) is 2.52. The van der Waals surface area contributed by atoms with Crippen molar-refractivity contribution >= 4 is 16.4 Å². The van der Waals surface area contributed by atoms with Crippen LogP contribution in [0.5, 0.6) is 5.75 Å². The van der Waals surface area contributed by atoms with Crippen LogP contribution >= 0.6 is 0 Å². The third kappa shape index (κ3) is 3.73. The van der Waals surface area contributed by atoms with E-state index in [9.17, 15) is 8.42 Å². The van der Waals surface area contributed by atoms with Crippen molar-refractivity contribution in [1.82, 2.24) is 4.90 Å². The predicted octanol–water partition coefficient (Wildman–Crippen LogP) is 1.75. The molecule has 18 heavy (non-hydrogen) atoms. The van der Waals surface area contributed by atoms with Gasteiger partial charge in [-0.15, -0.1) is 4.40 Å². The first-order chi connectivity index (χ1) is 8.53. The van der Waals surface area contributed by atoms with Gasteiger partial charge in [-0.05, 0) is 38.1 Å². The number of rotatable bonds is 6. The summed E-state index contributed by atoms with van der Waals surface area (Å²) in [5.74, 6) is 0.613. The topological polar surface area (TPSA) is 59.0 Å². The van der Waals surface area contributed by atoms with Crippen molar-refractivity contribution in [2.75, 3.05) is 20.2 Å². The molecule has 1 aromatic carbocycles. The summed E-state index contributed by atoms with van der Waals surface area (Å²) in [5.41, 5.74) is 0. The van der Waals surface area contributed by atoms with Crippen molar-refractivity contribution in [3.8, 4) is 5.75 Å². The molecule has 0 atom stereocenters. The number of benzene rings is 1. The summed E-state index contributed by atoms with van der Waals surface area (Å²) in [4.78, 5) is 1.97. The highest BCUT2D eigenvalue weighted by molar-refractivity contribution is 7.90. The molecule has 0 aliphatic heterocycles. The summed E-state index contributed by atoms with van der Waals surface area (Å²) < 4.78 is 32.4. The molecule has 0 aromatic heterocycles. The molecule has 0 aliphatic carbocycles. The van der Waals surface area contributed by atoms with Gasteiger partial charge in [-0.2, -0.15) is 8.42 Å². The van der Waals surface area contributed by atoms with Crippen LogP contribution in [0.15, 0.2) is 33.6 Å². The van der Waals surface area contributed by atoms with Crippen molar-refractivity contribution in [2.45, 2.75) is 18.7 Å². The van der Waals surface area contributed by atoms with Crippen LogP contribution in [0.2, 0.25) is 0 Å². The summed E-state index contributed by atoms with van der Waals surface area (Å²) in [5, 5.41) is 0. The van der Waals surface area contributed by atoms with E-state index >= 15 is 0 Å². The maximum absolute atomic E-state index is 11.9. The van der Waals surface area contributed by atoms with Crippen LogP contribution in [-0.2, 0) is 10.0 Å². The lowest BCUT2D eigenvalue weighted by Crippen LogP contribution is -2.21. The first-order valence-electron chi connectivity index (χ1n) is 5.72. The maximum atomic E-state index is 11.9. The summed E-state index contributed by atoms with van der Waals surface area (Å²) in [7, 11) is -2.10. The van der Waals surface area contributed by atoms with Gasteiger partial charge in [0.2, 0.25) is 0 Å². The number of hydrogen-bond donors (Lipinski definition) is 0. The molecule has 0 fully saturated rings. The second-order valence-electron chi connectivity index (χ2n) is 3.59. The van der Waals surface area contributed by atoms with E-state index in [2.05, 4.69) is 4.40 Å². The molecule has 0 heterocycles. The van der Waals surface area contributed by atoms with Gasteiger partial charge < -0.3 is 9.64 Å². The minimum absolute atomic E-state index is 0.159. The van der Waals surface area contributed by atoms with Crippen molar-refractivity contribution < 1.29 is 13.2 Å². The van der Waals surface area contributed by atoms with Gasteiger partial charge in [-0.25, -0.2) is 0 Å². The van der Waals surface area contributed by atoms with E-state index in [0.29, 0.717) is 5.75 Å². The molecule has 0 N–H and O–H groups in total.